The summed E-state index contributed by atoms with van der Waals surface area (Å²) in [6.07, 6.45) is 5.01. The van der Waals surface area contributed by atoms with Crippen molar-refractivity contribution in [3.8, 4) is 0 Å². The molecule has 0 spiro atoms. The first-order valence-electron chi connectivity index (χ1n) is 9.05. The average Bonchev–Trinajstić information content (AvgIpc) is 2.63. The molecule has 0 unspecified atom stereocenters. The molecular weight excluding hydrogens is 333 g/mol. The molecule has 0 saturated carbocycles. The van der Waals surface area contributed by atoms with E-state index in [9.17, 15) is 4.79 Å². The van der Waals surface area contributed by atoms with Crippen molar-refractivity contribution in [2.75, 3.05) is 31.1 Å². The molecule has 136 valence electrons. The molecule has 0 bridgehead atoms. The number of amides is 1. The molecule has 4 rings (SSSR count). The predicted molar refractivity (Wildman–Crippen MR) is 96.8 cm³/mol. The van der Waals surface area contributed by atoms with Crippen molar-refractivity contribution in [3.63, 3.8) is 0 Å². The molecule has 2 N–H and O–H groups in total. The summed E-state index contributed by atoms with van der Waals surface area (Å²) in [5.41, 5.74) is 1.80. The Morgan fingerprint density at radius 2 is 1.92 bits per heavy atom. The van der Waals surface area contributed by atoms with E-state index in [-0.39, 0.29) is 23.3 Å². The van der Waals surface area contributed by atoms with Crippen LogP contribution in [0.2, 0.25) is 0 Å². The lowest BCUT2D eigenvalue weighted by Gasteiger charge is -2.32. The van der Waals surface area contributed by atoms with Crippen molar-refractivity contribution in [3.05, 3.63) is 48.0 Å². The first kappa shape index (κ1) is 17.1. The fraction of sp³-hybridized carbons (Fsp3) is 0.421. The molecule has 1 aromatic carbocycles. The zero-order chi connectivity index (χ0) is 17.9. The molecule has 26 heavy (non-hydrogen) atoms. The van der Waals surface area contributed by atoms with Gasteiger partial charge in [-0.1, -0.05) is 6.07 Å². The molecule has 2 aliphatic heterocycles. The molecule has 0 radical (unpaired) electrons. The molecule has 7 heteroatoms. The molecule has 2 fully saturated rings. The van der Waals surface area contributed by atoms with Gasteiger partial charge >= 0.3 is 0 Å². The van der Waals surface area contributed by atoms with E-state index in [1.54, 1.807) is 18.2 Å². The van der Waals surface area contributed by atoms with Gasteiger partial charge in [-0.15, -0.1) is 0 Å². The van der Waals surface area contributed by atoms with E-state index in [0.29, 0.717) is 24.7 Å². The van der Waals surface area contributed by atoms with Gasteiger partial charge in [-0.2, -0.15) is 10.2 Å². The van der Waals surface area contributed by atoms with E-state index < -0.39 is 0 Å². The van der Waals surface area contributed by atoms with E-state index in [1.165, 1.54) is 17.3 Å². The van der Waals surface area contributed by atoms with Crippen molar-refractivity contribution in [1.82, 2.24) is 20.8 Å². The quantitative estimate of drug-likeness (QED) is 0.877. The van der Waals surface area contributed by atoms with E-state index in [2.05, 4.69) is 20.8 Å². The maximum atomic E-state index is 15.0. The maximum Gasteiger partial charge on any atom is 0.237 e. The second kappa shape index (κ2) is 7.47. The van der Waals surface area contributed by atoms with E-state index >= 15 is 4.39 Å². The van der Waals surface area contributed by atoms with E-state index in [4.69, 9.17) is 0 Å². The minimum atomic E-state index is -0.376. The number of aromatic nitrogens is 2. The van der Waals surface area contributed by atoms with Gasteiger partial charge < -0.3 is 10.6 Å². The third-order valence-corrected chi connectivity index (χ3v) is 5.20. The van der Waals surface area contributed by atoms with Gasteiger partial charge in [0.25, 0.3) is 0 Å². The molecule has 2 aliphatic rings. The highest BCUT2D eigenvalue weighted by atomic mass is 19.1. The first-order valence-corrected chi connectivity index (χ1v) is 9.05. The van der Waals surface area contributed by atoms with Crippen LogP contribution in [0.3, 0.4) is 0 Å². The van der Waals surface area contributed by atoms with Gasteiger partial charge in [0, 0.05) is 13.1 Å². The van der Waals surface area contributed by atoms with Crippen molar-refractivity contribution in [1.29, 1.82) is 0 Å². The third kappa shape index (κ3) is 3.32. The summed E-state index contributed by atoms with van der Waals surface area (Å²) in [5.74, 6) is -0.280. The number of carbonyl (C=O) groups excluding carboxylic acids is 1. The molecule has 1 amide bonds. The highest BCUT2D eigenvalue weighted by Gasteiger charge is 2.32. The van der Waals surface area contributed by atoms with Crippen LogP contribution in [0.25, 0.3) is 0 Å². The Labute approximate surface area is 151 Å². The van der Waals surface area contributed by atoms with Crippen molar-refractivity contribution >= 4 is 17.3 Å². The topological polar surface area (TPSA) is 70.2 Å². The Balaban J connectivity index is 1.67. The lowest BCUT2D eigenvalue weighted by atomic mass is 9.90. The van der Waals surface area contributed by atoms with Crippen LogP contribution in [0, 0.1) is 11.7 Å². The van der Waals surface area contributed by atoms with Gasteiger partial charge in [-0.3, -0.25) is 9.69 Å². The molecular formula is C19H22FN5O. The summed E-state index contributed by atoms with van der Waals surface area (Å²) in [6.45, 7) is 3.14. The van der Waals surface area contributed by atoms with Gasteiger partial charge in [-0.05, 0) is 55.6 Å². The number of carbonyl (C=O) groups is 1. The summed E-state index contributed by atoms with van der Waals surface area (Å²) in [5, 5.41) is 14.0. The Morgan fingerprint density at radius 3 is 2.54 bits per heavy atom. The third-order valence-electron chi connectivity index (χ3n) is 5.20. The monoisotopic (exact) mass is 355 g/mol. The Kier molecular flexibility index (Phi) is 4.90. The highest BCUT2D eigenvalue weighted by Crippen LogP contribution is 2.33. The fourth-order valence-corrected chi connectivity index (χ4v) is 3.56. The van der Waals surface area contributed by atoms with Gasteiger partial charge in [0.1, 0.15) is 5.82 Å². The van der Waals surface area contributed by atoms with Crippen LogP contribution >= 0.6 is 0 Å². The number of anilines is 2. The summed E-state index contributed by atoms with van der Waals surface area (Å²) in [4.78, 5) is 14.4. The van der Waals surface area contributed by atoms with Crippen LogP contribution in [0.4, 0.5) is 15.8 Å². The molecule has 6 nitrogen and oxygen atoms in total. The zero-order valence-electron chi connectivity index (χ0n) is 14.5. The van der Waals surface area contributed by atoms with E-state index in [1.807, 2.05) is 6.07 Å². The number of rotatable bonds is 4. The SMILES string of the molecule is O=C(C1CNC1)N(c1ccnnc1)c1ccc(C2CCNCC2)cc1F. The molecule has 0 aliphatic carbocycles. The normalized spacial score (nSPS) is 18.3. The lowest BCUT2D eigenvalue weighted by molar-refractivity contribution is -0.123. The minimum absolute atomic E-state index is 0.120. The molecule has 2 aromatic rings. The molecule has 2 saturated heterocycles. The van der Waals surface area contributed by atoms with Crippen molar-refractivity contribution in [2.24, 2.45) is 5.92 Å². The second-order valence-electron chi connectivity index (χ2n) is 6.86. The Morgan fingerprint density at radius 1 is 1.12 bits per heavy atom. The largest absolute Gasteiger partial charge is 0.317 e. The fourth-order valence-electron chi connectivity index (χ4n) is 3.56. The second-order valence-corrected chi connectivity index (χ2v) is 6.86. The average molecular weight is 355 g/mol. The van der Waals surface area contributed by atoms with Gasteiger partial charge in [0.2, 0.25) is 5.91 Å². The summed E-state index contributed by atoms with van der Waals surface area (Å²) >= 11 is 0. The van der Waals surface area contributed by atoms with Gasteiger partial charge in [0.15, 0.2) is 0 Å². The number of piperidine rings is 1. The van der Waals surface area contributed by atoms with Crippen molar-refractivity contribution < 1.29 is 9.18 Å². The maximum absolute atomic E-state index is 15.0. The molecule has 1 aromatic heterocycles. The van der Waals surface area contributed by atoms with Crippen LogP contribution < -0.4 is 15.5 Å². The number of nitrogens with zero attached hydrogens (tertiary/aromatic N) is 3. The summed E-state index contributed by atoms with van der Waals surface area (Å²) in [7, 11) is 0. The first-order chi connectivity index (χ1) is 12.7. The smallest absolute Gasteiger partial charge is 0.237 e. The lowest BCUT2D eigenvalue weighted by Crippen LogP contribution is -2.51. The Bertz CT molecular complexity index is 775. The van der Waals surface area contributed by atoms with Gasteiger partial charge in [-0.25, -0.2) is 4.39 Å². The number of benzene rings is 1. The molecule has 0 atom stereocenters. The predicted octanol–water partition coefficient (Wildman–Crippen LogP) is 1.97. The number of halogens is 1. The van der Waals surface area contributed by atoms with Crippen LogP contribution in [0.1, 0.15) is 24.3 Å². The number of hydrogen-bond donors (Lipinski definition) is 2. The molecule has 3 heterocycles. The zero-order valence-corrected chi connectivity index (χ0v) is 14.5. The van der Waals surface area contributed by atoms with Crippen LogP contribution in [-0.2, 0) is 4.79 Å². The summed E-state index contributed by atoms with van der Waals surface area (Å²) < 4.78 is 15.0. The van der Waals surface area contributed by atoms with Crippen molar-refractivity contribution in [2.45, 2.75) is 18.8 Å². The standard InChI is InChI=1S/C19H22FN5O/c20-17-9-14(13-3-6-21-7-4-13)1-2-18(17)25(16-5-8-23-24-12-16)19(26)15-10-22-11-15/h1-2,5,8-9,12-13,15,21-22H,3-4,6-7,10-11H2. The number of nitrogens with one attached hydrogen (secondary N) is 2. The summed E-state index contributed by atoms with van der Waals surface area (Å²) in [6, 6.07) is 6.93. The minimum Gasteiger partial charge on any atom is -0.317 e. The number of hydrogen-bond acceptors (Lipinski definition) is 5. The van der Waals surface area contributed by atoms with Crippen LogP contribution in [0.5, 0.6) is 0 Å². The van der Waals surface area contributed by atoms with E-state index in [0.717, 1.165) is 31.5 Å². The van der Waals surface area contributed by atoms with Gasteiger partial charge in [0.05, 0.1) is 29.7 Å². The Hall–Kier alpha value is -2.38. The highest BCUT2D eigenvalue weighted by molar-refractivity contribution is 6.02. The van der Waals surface area contributed by atoms with Crippen LogP contribution in [-0.4, -0.2) is 42.3 Å². The van der Waals surface area contributed by atoms with Crippen LogP contribution in [0.15, 0.2) is 36.7 Å².